The zero-order chi connectivity index (χ0) is 22.9. The minimum Gasteiger partial charge on any atom is -0.364 e. The Kier molecular flexibility index (Phi) is 6.65. The van der Waals surface area contributed by atoms with E-state index in [-0.39, 0.29) is 28.7 Å². The fourth-order valence-corrected chi connectivity index (χ4v) is 4.91. The van der Waals surface area contributed by atoms with Crippen LogP contribution in [0.25, 0.3) is 6.08 Å². The first-order valence-corrected chi connectivity index (χ1v) is 11.3. The molecule has 1 heterocycles. The molecule has 0 aromatic heterocycles. The van der Waals surface area contributed by atoms with Gasteiger partial charge in [0.2, 0.25) is 5.72 Å². The first-order chi connectivity index (χ1) is 15.4. The third-order valence-electron chi connectivity index (χ3n) is 5.62. The van der Waals surface area contributed by atoms with Gasteiger partial charge < -0.3 is 10.0 Å². The molecule has 1 aliphatic heterocycles. The highest BCUT2D eigenvalue weighted by atomic mass is 35.5. The van der Waals surface area contributed by atoms with Crippen LogP contribution < -0.4 is 0 Å². The van der Waals surface area contributed by atoms with Crippen molar-refractivity contribution < 1.29 is 9.90 Å². The molecule has 0 spiro atoms. The number of halogens is 2. The van der Waals surface area contributed by atoms with E-state index < -0.39 is 17.1 Å². The SMILES string of the molecule is C=Cc1ccc(Cl)c(Cl)c1C1(O)C(=O)N(Cc2ccccc2)C(S)N1Cc1ccccc1. The maximum atomic E-state index is 13.8. The molecule has 164 valence electrons. The molecule has 7 heteroatoms. The molecular formula is C25H22Cl2N2O2S. The van der Waals surface area contributed by atoms with Crippen molar-refractivity contribution in [3.63, 3.8) is 0 Å². The van der Waals surface area contributed by atoms with Crippen LogP contribution in [-0.4, -0.2) is 26.3 Å². The summed E-state index contributed by atoms with van der Waals surface area (Å²) in [6, 6.07) is 22.5. The standard InChI is InChI=1S/C25H22Cl2N2O2S/c1-2-19-13-14-20(26)22(27)21(19)25(31)23(30)28(15-17-9-5-3-6-10-17)24(32)29(25)16-18-11-7-4-8-12-18/h2-14,24,31-32H,1,15-16H2. The van der Waals surface area contributed by atoms with Crippen molar-refractivity contribution in [3.8, 4) is 0 Å². The summed E-state index contributed by atoms with van der Waals surface area (Å²) in [6.45, 7) is 4.38. The van der Waals surface area contributed by atoms with Crippen molar-refractivity contribution in [2.24, 2.45) is 0 Å². The monoisotopic (exact) mass is 484 g/mol. The second-order valence-corrected chi connectivity index (χ2v) is 8.83. The van der Waals surface area contributed by atoms with E-state index in [0.717, 1.165) is 11.1 Å². The van der Waals surface area contributed by atoms with E-state index in [1.165, 1.54) is 4.90 Å². The summed E-state index contributed by atoms with van der Waals surface area (Å²) in [5, 5.41) is 12.4. The number of amides is 1. The van der Waals surface area contributed by atoms with Gasteiger partial charge in [-0.05, 0) is 22.8 Å². The van der Waals surface area contributed by atoms with Crippen molar-refractivity contribution >= 4 is 47.8 Å². The Morgan fingerprint density at radius 2 is 1.53 bits per heavy atom. The highest BCUT2D eigenvalue weighted by Crippen LogP contribution is 2.46. The number of rotatable bonds is 6. The minimum absolute atomic E-state index is 0.111. The number of carbonyl (C=O) groups is 1. The molecule has 0 bridgehead atoms. The van der Waals surface area contributed by atoms with Gasteiger partial charge in [-0.3, -0.25) is 4.79 Å². The van der Waals surface area contributed by atoms with Crippen LogP contribution >= 0.6 is 35.8 Å². The predicted octanol–water partition coefficient (Wildman–Crippen LogP) is 5.54. The quantitative estimate of drug-likeness (QED) is 0.451. The molecule has 2 unspecified atom stereocenters. The van der Waals surface area contributed by atoms with Gasteiger partial charge in [0, 0.05) is 18.7 Å². The Morgan fingerprint density at radius 1 is 0.969 bits per heavy atom. The van der Waals surface area contributed by atoms with Gasteiger partial charge in [0.1, 0.15) is 5.50 Å². The van der Waals surface area contributed by atoms with Gasteiger partial charge in [0.05, 0.1) is 10.0 Å². The summed E-state index contributed by atoms with van der Waals surface area (Å²) in [5.74, 6) is -0.524. The van der Waals surface area contributed by atoms with Gasteiger partial charge in [-0.1, -0.05) is 103 Å². The number of thiol groups is 1. The third kappa shape index (κ3) is 3.96. The molecule has 0 saturated carbocycles. The van der Waals surface area contributed by atoms with Gasteiger partial charge in [-0.15, -0.1) is 12.6 Å². The lowest BCUT2D eigenvalue weighted by Gasteiger charge is -2.34. The largest absolute Gasteiger partial charge is 0.364 e. The lowest BCUT2D eigenvalue weighted by atomic mass is 9.94. The van der Waals surface area contributed by atoms with Crippen molar-refractivity contribution in [1.82, 2.24) is 9.80 Å². The topological polar surface area (TPSA) is 43.8 Å². The summed E-state index contributed by atoms with van der Waals surface area (Å²) in [5.41, 5.74) is -0.224. The van der Waals surface area contributed by atoms with Gasteiger partial charge in [0.15, 0.2) is 0 Å². The molecule has 2 atom stereocenters. The highest BCUT2D eigenvalue weighted by Gasteiger charge is 2.58. The summed E-state index contributed by atoms with van der Waals surface area (Å²) < 4.78 is 0. The molecule has 4 nitrogen and oxygen atoms in total. The average molecular weight is 485 g/mol. The van der Waals surface area contributed by atoms with Crippen LogP contribution in [0.5, 0.6) is 0 Å². The van der Waals surface area contributed by atoms with E-state index in [4.69, 9.17) is 35.8 Å². The zero-order valence-electron chi connectivity index (χ0n) is 17.2. The normalized spacial score (nSPS) is 21.2. The van der Waals surface area contributed by atoms with Gasteiger partial charge in [0.25, 0.3) is 5.91 Å². The molecule has 1 saturated heterocycles. The van der Waals surface area contributed by atoms with E-state index in [0.29, 0.717) is 5.56 Å². The van der Waals surface area contributed by atoms with Crippen LogP contribution in [0.1, 0.15) is 22.3 Å². The first kappa shape index (κ1) is 22.9. The molecular weight excluding hydrogens is 463 g/mol. The van der Waals surface area contributed by atoms with Crippen molar-refractivity contribution in [3.05, 3.63) is 112 Å². The minimum atomic E-state index is -2.08. The van der Waals surface area contributed by atoms with E-state index in [2.05, 4.69) is 6.58 Å². The molecule has 1 N–H and O–H groups in total. The number of aliphatic hydroxyl groups is 1. The van der Waals surface area contributed by atoms with Gasteiger partial charge in [-0.2, -0.15) is 0 Å². The molecule has 4 rings (SSSR count). The Balaban J connectivity index is 1.86. The van der Waals surface area contributed by atoms with Crippen molar-refractivity contribution in [2.45, 2.75) is 24.3 Å². The molecule has 1 fully saturated rings. The highest BCUT2D eigenvalue weighted by molar-refractivity contribution is 7.80. The Labute approximate surface area is 203 Å². The maximum Gasteiger partial charge on any atom is 0.277 e. The van der Waals surface area contributed by atoms with Crippen LogP contribution in [0.15, 0.2) is 79.4 Å². The Hall–Kier alpha value is -2.28. The second-order valence-electron chi connectivity index (χ2n) is 7.58. The summed E-state index contributed by atoms with van der Waals surface area (Å²) >= 11 is 17.6. The Bertz CT molecular complexity index is 1140. The summed E-state index contributed by atoms with van der Waals surface area (Å²) in [4.78, 5) is 17.0. The number of hydrogen-bond donors (Lipinski definition) is 2. The first-order valence-electron chi connectivity index (χ1n) is 10.0. The van der Waals surface area contributed by atoms with Crippen LogP contribution in [0, 0.1) is 0 Å². The molecule has 0 radical (unpaired) electrons. The molecule has 1 aliphatic rings. The van der Waals surface area contributed by atoms with Crippen LogP contribution in [0.2, 0.25) is 10.0 Å². The number of nitrogens with zero attached hydrogens (tertiary/aromatic N) is 2. The summed E-state index contributed by atoms with van der Waals surface area (Å²) in [6.07, 6.45) is 1.55. The molecule has 3 aromatic carbocycles. The molecule has 32 heavy (non-hydrogen) atoms. The zero-order valence-corrected chi connectivity index (χ0v) is 19.6. The van der Waals surface area contributed by atoms with E-state index in [1.807, 2.05) is 60.7 Å². The smallest absolute Gasteiger partial charge is 0.277 e. The van der Waals surface area contributed by atoms with Crippen LogP contribution in [0.4, 0.5) is 0 Å². The average Bonchev–Trinajstić information content (AvgIpc) is 2.98. The van der Waals surface area contributed by atoms with E-state index in [1.54, 1.807) is 23.1 Å². The van der Waals surface area contributed by atoms with Crippen molar-refractivity contribution in [1.29, 1.82) is 0 Å². The Morgan fingerprint density at radius 3 is 2.09 bits per heavy atom. The molecule has 3 aromatic rings. The molecule has 1 amide bonds. The maximum absolute atomic E-state index is 13.8. The van der Waals surface area contributed by atoms with E-state index >= 15 is 0 Å². The lowest BCUT2D eigenvalue weighted by Crippen LogP contribution is -2.47. The summed E-state index contributed by atoms with van der Waals surface area (Å²) in [7, 11) is 0. The second kappa shape index (κ2) is 9.30. The molecule has 0 aliphatic carbocycles. The van der Waals surface area contributed by atoms with Gasteiger partial charge >= 0.3 is 0 Å². The fourth-order valence-electron chi connectivity index (χ4n) is 4.01. The fraction of sp³-hybridized carbons (Fsp3) is 0.160. The third-order valence-corrected chi connectivity index (χ3v) is 6.98. The van der Waals surface area contributed by atoms with Crippen molar-refractivity contribution in [2.75, 3.05) is 0 Å². The predicted molar refractivity (Wildman–Crippen MR) is 132 cm³/mol. The lowest BCUT2D eigenvalue weighted by molar-refractivity contribution is -0.157. The number of benzene rings is 3. The van der Waals surface area contributed by atoms with Crippen LogP contribution in [0.3, 0.4) is 0 Å². The van der Waals surface area contributed by atoms with Crippen LogP contribution in [-0.2, 0) is 23.6 Å². The number of hydrogen-bond acceptors (Lipinski definition) is 4. The van der Waals surface area contributed by atoms with Gasteiger partial charge in [-0.25, -0.2) is 4.90 Å². The number of carbonyl (C=O) groups excluding carboxylic acids is 1. The van der Waals surface area contributed by atoms with E-state index in [9.17, 15) is 9.90 Å².